The molecular weight excluding hydrogens is 442 g/mol. The summed E-state index contributed by atoms with van der Waals surface area (Å²) in [5.74, 6) is -1.63. The number of aryl methyl sites for hydroxylation is 2. The second-order valence-electron chi connectivity index (χ2n) is 9.08. The van der Waals surface area contributed by atoms with Gasteiger partial charge in [0.2, 0.25) is 10.0 Å². The molecule has 1 saturated heterocycles. The quantitative estimate of drug-likeness (QED) is 0.625. The molecule has 0 radical (unpaired) electrons. The van der Waals surface area contributed by atoms with Gasteiger partial charge in [-0.25, -0.2) is 8.42 Å². The predicted octanol–water partition coefficient (Wildman–Crippen LogP) is 5.18. The number of thioether (sulfide) groups is 1. The number of aliphatic carboxylic acids is 1. The summed E-state index contributed by atoms with van der Waals surface area (Å²) in [5, 5.41) is 10.4. The maximum atomic E-state index is 13.7. The van der Waals surface area contributed by atoms with E-state index in [1.807, 2.05) is 38.1 Å². The van der Waals surface area contributed by atoms with Crippen LogP contribution < -0.4 is 0 Å². The van der Waals surface area contributed by atoms with E-state index in [0.29, 0.717) is 11.7 Å². The number of rotatable bonds is 6. The smallest absolute Gasteiger partial charge is 0.308 e. The fraction of sp³-hybridized carbons (Fsp3) is 0.480. The SMILES string of the molecule is Cc1ccc([C@@H]2C[C@@H](SC3CCCC3)[C@H](C(=O)O)CN2S(=O)(=O)c2ccc(C)cc2)cc1. The van der Waals surface area contributed by atoms with E-state index in [-0.39, 0.29) is 22.7 Å². The van der Waals surface area contributed by atoms with Crippen molar-refractivity contribution in [3.05, 3.63) is 65.2 Å². The molecule has 2 aromatic rings. The van der Waals surface area contributed by atoms with Crippen LogP contribution in [0.3, 0.4) is 0 Å². The zero-order valence-electron chi connectivity index (χ0n) is 18.6. The number of hydrogen-bond donors (Lipinski definition) is 1. The summed E-state index contributed by atoms with van der Waals surface area (Å²) in [4.78, 5) is 12.5. The zero-order chi connectivity index (χ0) is 22.9. The van der Waals surface area contributed by atoms with Gasteiger partial charge in [0.1, 0.15) is 0 Å². The van der Waals surface area contributed by atoms with Crippen LogP contribution in [0.15, 0.2) is 53.4 Å². The molecule has 1 aliphatic heterocycles. The molecule has 1 heterocycles. The van der Waals surface area contributed by atoms with Crippen LogP contribution in [0, 0.1) is 19.8 Å². The average molecular weight is 474 g/mol. The highest BCUT2D eigenvalue weighted by molar-refractivity contribution is 8.00. The van der Waals surface area contributed by atoms with Gasteiger partial charge >= 0.3 is 5.97 Å². The van der Waals surface area contributed by atoms with Gasteiger partial charge in [-0.05, 0) is 50.8 Å². The summed E-state index contributed by atoms with van der Waals surface area (Å²) in [6.07, 6.45) is 5.13. The first-order chi connectivity index (χ1) is 15.3. The van der Waals surface area contributed by atoms with E-state index in [4.69, 9.17) is 0 Å². The van der Waals surface area contributed by atoms with Gasteiger partial charge < -0.3 is 5.11 Å². The minimum absolute atomic E-state index is 0.00548. The van der Waals surface area contributed by atoms with Gasteiger partial charge in [0.15, 0.2) is 0 Å². The van der Waals surface area contributed by atoms with Crippen LogP contribution in [0.1, 0.15) is 54.8 Å². The maximum Gasteiger partial charge on any atom is 0.308 e. The standard InChI is InChI=1S/C25H31NO4S2/c1-17-7-11-19(12-8-17)23-15-24(31-20-5-3-4-6-20)22(25(27)28)16-26(23)32(29,30)21-13-9-18(2)10-14-21/h7-14,20,22-24H,3-6,15-16H2,1-2H3,(H,27,28)/t22-,23+,24-/m1/s1. The summed E-state index contributed by atoms with van der Waals surface area (Å²) in [6, 6.07) is 14.4. The molecule has 0 unspecified atom stereocenters. The second-order valence-corrected chi connectivity index (χ2v) is 12.5. The lowest BCUT2D eigenvalue weighted by atomic mass is 9.90. The number of hydrogen-bond acceptors (Lipinski definition) is 4. The molecule has 1 saturated carbocycles. The van der Waals surface area contributed by atoms with E-state index >= 15 is 0 Å². The molecule has 0 aromatic heterocycles. The van der Waals surface area contributed by atoms with Gasteiger partial charge in [-0.2, -0.15) is 16.1 Å². The van der Waals surface area contributed by atoms with E-state index in [0.717, 1.165) is 29.5 Å². The molecule has 172 valence electrons. The Balaban J connectivity index is 1.72. The lowest BCUT2D eigenvalue weighted by molar-refractivity contribution is -0.143. The van der Waals surface area contributed by atoms with Crippen molar-refractivity contribution in [2.75, 3.05) is 6.54 Å². The molecule has 5 nitrogen and oxygen atoms in total. The average Bonchev–Trinajstić information content (AvgIpc) is 3.27. The monoisotopic (exact) mass is 473 g/mol. The Labute approximate surface area is 195 Å². The minimum atomic E-state index is -3.84. The third-order valence-electron chi connectivity index (χ3n) is 6.70. The molecule has 2 aromatic carbocycles. The molecule has 1 N–H and O–H groups in total. The maximum absolute atomic E-state index is 13.7. The lowest BCUT2D eigenvalue weighted by Gasteiger charge is -2.42. The molecule has 4 rings (SSSR count). The Hall–Kier alpha value is -1.83. The predicted molar refractivity (Wildman–Crippen MR) is 128 cm³/mol. The molecule has 2 fully saturated rings. The Morgan fingerprint density at radius 3 is 2.09 bits per heavy atom. The van der Waals surface area contributed by atoms with Crippen LogP contribution in [0.25, 0.3) is 0 Å². The fourth-order valence-corrected chi connectivity index (χ4v) is 8.24. The van der Waals surface area contributed by atoms with Crippen LogP contribution in [-0.2, 0) is 14.8 Å². The molecule has 0 spiro atoms. The van der Waals surface area contributed by atoms with E-state index in [1.165, 1.54) is 17.1 Å². The molecule has 3 atom stereocenters. The Morgan fingerprint density at radius 2 is 1.53 bits per heavy atom. The zero-order valence-corrected chi connectivity index (χ0v) is 20.2. The molecule has 2 aliphatic rings. The first kappa shape index (κ1) is 23.3. The van der Waals surface area contributed by atoms with E-state index in [9.17, 15) is 18.3 Å². The largest absolute Gasteiger partial charge is 0.481 e. The normalized spacial score (nSPS) is 25.1. The van der Waals surface area contributed by atoms with Gasteiger partial charge in [0.25, 0.3) is 0 Å². The molecule has 0 amide bonds. The van der Waals surface area contributed by atoms with Crippen LogP contribution in [0.2, 0.25) is 0 Å². The number of carboxylic acid groups (broad SMARTS) is 1. The van der Waals surface area contributed by atoms with Crippen molar-refractivity contribution in [1.82, 2.24) is 4.31 Å². The number of piperidine rings is 1. The van der Waals surface area contributed by atoms with Crippen molar-refractivity contribution in [2.24, 2.45) is 5.92 Å². The third kappa shape index (κ3) is 4.90. The number of carboxylic acids is 1. The highest BCUT2D eigenvalue weighted by atomic mass is 32.2. The van der Waals surface area contributed by atoms with Crippen molar-refractivity contribution in [1.29, 1.82) is 0 Å². The summed E-state index contributed by atoms with van der Waals surface area (Å²) in [7, 11) is -3.84. The lowest BCUT2D eigenvalue weighted by Crippen LogP contribution is -2.49. The van der Waals surface area contributed by atoms with E-state index in [1.54, 1.807) is 36.0 Å². The number of nitrogens with zero attached hydrogens (tertiary/aromatic N) is 1. The second kappa shape index (κ2) is 9.57. The number of benzene rings is 2. The highest BCUT2D eigenvalue weighted by Gasteiger charge is 2.46. The Morgan fingerprint density at radius 1 is 0.969 bits per heavy atom. The van der Waals surface area contributed by atoms with Crippen molar-refractivity contribution in [3.63, 3.8) is 0 Å². The van der Waals surface area contributed by atoms with Gasteiger partial charge in [-0.1, -0.05) is 60.4 Å². The minimum Gasteiger partial charge on any atom is -0.481 e. The van der Waals surface area contributed by atoms with Crippen molar-refractivity contribution < 1.29 is 18.3 Å². The van der Waals surface area contributed by atoms with Gasteiger partial charge in [0, 0.05) is 17.0 Å². The van der Waals surface area contributed by atoms with Crippen LogP contribution >= 0.6 is 11.8 Å². The summed E-state index contributed by atoms with van der Waals surface area (Å²) >= 11 is 1.77. The Bertz CT molecular complexity index is 1040. The van der Waals surface area contributed by atoms with Gasteiger partial charge in [0.05, 0.1) is 16.9 Å². The first-order valence-electron chi connectivity index (χ1n) is 11.3. The number of carbonyl (C=O) groups is 1. The third-order valence-corrected chi connectivity index (χ3v) is 10.3. The molecule has 0 bridgehead atoms. The highest BCUT2D eigenvalue weighted by Crippen LogP contribution is 2.45. The van der Waals surface area contributed by atoms with Crippen molar-refractivity contribution in [2.45, 2.75) is 67.4 Å². The number of sulfonamides is 1. The molecule has 32 heavy (non-hydrogen) atoms. The van der Waals surface area contributed by atoms with Crippen LogP contribution in [0.4, 0.5) is 0 Å². The van der Waals surface area contributed by atoms with Gasteiger partial charge in [-0.3, -0.25) is 4.79 Å². The van der Waals surface area contributed by atoms with E-state index in [2.05, 4.69) is 0 Å². The summed E-state index contributed by atoms with van der Waals surface area (Å²) in [6.45, 7) is 3.91. The van der Waals surface area contributed by atoms with Crippen LogP contribution in [0.5, 0.6) is 0 Å². The van der Waals surface area contributed by atoms with Crippen molar-refractivity contribution in [3.8, 4) is 0 Å². The fourth-order valence-electron chi connectivity index (χ4n) is 4.80. The summed E-state index contributed by atoms with van der Waals surface area (Å²) < 4.78 is 28.8. The summed E-state index contributed by atoms with van der Waals surface area (Å²) in [5.41, 5.74) is 3.01. The first-order valence-corrected chi connectivity index (χ1v) is 13.7. The Kier molecular flexibility index (Phi) is 6.98. The topological polar surface area (TPSA) is 74.7 Å². The van der Waals surface area contributed by atoms with Crippen molar-refractivity contribution >= 4 is 27.8 Å². The van der Waals surface area contributed by atoms with Gasteiger partial charge in [-0.15, -0.1) is 0 Å². The van der Waals surface area contributed by atoms with E-state index < -0.39 is 21.9 Å². The van der Waals surface area contributed by atoms with Crippen LogP contribution in [-0.4, -0.2) is 40.8 Å². The molecule has 1 aliphatic carbocycles. The molecule has 7 heteroatoms. The molecular formula is C25H31NO4S2.